The van der Waals surface area contributed by atoms with Crippen molar-refractivity contribution >= 4 is 44.6 Å². The van der Waals surface area contributed by atoms with E-state index in [0.29, 0.717) is 12.8 Å². The van der Waals surface area contributed by atoms with Crippen LogP contribution in [0.25, 0.3) is 9.88 Å². The number of esters is 1. The van der Waals surface area contributed by atoms with E-state index in [4.69, 9.17) is 0 Å². The zero-order valence-corrected chi connectivity index (χ0v) is 13.2. The van der Waals surface area contributed by atoms with Crippen molar-refractivity contribution in [1.82, 2.24) is 4.98 Å². The summed E-state index contributed by atoms with van der Waals surface area (Å²) in [7, 11) is 1.40. The molecule has 6 heteroatoms. The molecule has 0 saturated heterocycles. The van der Waals surface area contributed by atoms with Gasteiger partial charge in [-0.15, -0.1) is 22.7 Å². The van der Waals surface area contributed by atoms with E-state index in [1.165, 1.54) is 12.0 Å². The van der Waals surface area contributed by atoms with E-state index in [0.717, 1.165) is 20.1 Å². The Balaban J connectivity index is 2.08. The topological polar surface area (TPSA) is 39.2 Å². The first-order valence-corrected chi connectivity index (χ1v) is 7.86. The summed E-state index contributed by atoms with van der Waals surface area (Å²) in [5.74, 6) is -0.195. The van der Waals surface area contributed by atoms with Crippen molar-refractivity contribution in [2.75, 3.05) is 7.11 Å². The zero-order valence-electron chi connectivity index (χ0n) is 10.0. The van der Waals surface area contributed by atoms with Gasteiger partial charge in [0.15, 0.2) is 0 Å². The molecule has 0 radical (unpaired) electrons. The summed E-state index contributed by atoms with van der Waals surface area (Å²) in [5.41, 5.74) is 0.947. The SMILES string of the molecule is COC(=O)CCc1csc(-c2cc(Br)c(C)s2)n1. The zero-order chi connectivity index (χ0) is 13.1. The summed E-state index contributed by atoms with van der Waals surface area (Å²) in [6.07, 6.45) is 1.02. The molecule has 2 aromatic rings. The number of ether oxygens (including phenoxy) is 1. The molecule has 0 aliphatic heterocycles. The Morgan fingerprint density at radius 2 is 2.33 bits per heavy atom. The number of carbonyl (C=O) groups is 1. The molecule has 2 heterocycles. The number of hydrogen-bond acceptors (Lipinski definition) is 5. The first-order valence-electron chi connectivity index (χ1n) is 5.37. The van der Waals surface area contributed by atoms with Gasteiger partial charge in [0.25, 0.3) is 0 Å². The molecule has 0 unspecified atom stereocenters. The maximum Gasteiger partial charge on any atom is 0.305 e. The van der Waals surface area contributed by atoms with E-state index in [-0.39, 0.29) is 5.97 Å². The summed E-state index contributed by atoms with van der Waals surface area (Å²) >= 11 is 6.83. The maximum absolute atomic E-state index is 11.1. The Bertz CT molecular complexity index is 543. The smallest absolute Gasteiger partial charge is 0.305 e. The van der Waals surface area contributed by atoms with E-state index in [1.54, 1.807) is 22.7 Å². The molecule has 0 fully saturated rings. The fourth-order valence-corrected chi connectivity index (χ4v) is 3.88. The van der Waals surface area contributed by atoms with Gasteiger partial charge >= 0.3 is 5.97 Å². The maximum atomic E-state index is 11.1. The lowest BCUT2D eigenvalue weighted by Crippen LogP contribution is -2.01. The van der Waals surface area contributed by atoms with Crippen LogP contribution < -0.4 is 0 Å². The van der Waals surface area contributed by atoms with Gasteiger partial charge in [0, 0.05) is 21.2 Å². The third-order valence-electron chi connectivity index (χ3n) is 2.43. The van der Waals surface area contributed by atoms with Crippen LogP contribution in [0.3, 0.4) is 0 Å². The van der Waals surface area contributed by atoms with Crippen molar-refractivity contribution in [1.29, 1.82) is 0 Å². The number of methoxy groups -OCH3 is 1. The highest BCUT2D eigenvalue weighted by Crippen LogP contribution is 2.35. The number of halogens is 1. The molecule has 0 aliphatic carbocycles. The van der Waals surface area contributed by atoms with Crippen molar-refractivity contribution in [3.8, 4) is 9.88 Å². The van der Waals surface area contributed by atoms with E-state index >= 15 is 0 Å². The molecule has 2 rings (SSSR count). The molecule has 18 heavy (non-hydrogen) atoms. The molecule has 0 aliphatic rings. The molecule has 0 saturated carbocycles. The van der Waals surface area contributed by atoms with Crippen LogP contribution in [0.4, 0.5) is 0 Å². The molecule has 0 bridgehead atoms. The number of carbonyl (C=O) groups excluding carboxylic acids is 1. The van der Waals surface area contributed by atoms with Crippen LogP contribution in [0, 0.1) is 6.92 Å². The predicted octanol–water partition coefficient (Wildman–Crippen LogP) is 4.05. The minimum absolute atomic E-state index is 0.195. The van der Waals surface area contributed by atoms with Crippen LogP contribution in [-0.4, -0.2) is 18.1 Å². The average Bonchev–Trinajstić information content (AvgIpc) is 2.94. The summed E-state index contributed by atoms with van der Waals surface area (Å²) in [6, 6.07) is 2.09. The van der Waals surface area contributed by atoms with Crippen LogP contribution in [0.15, 0.2) is 15.9 Å². The van der Waals surface area contributed by atoms with E-state index in [2.05, 4.69) is 38.6 Å². The number of aryl methyl sites for hydroxylation is 2. The van der Waals surface area contributed by atoms with Gasteiger partial charge in [0.2, 0.25) is 0 Å². The Morgan fingerprint density at radius 3 is 2.94 bits per heavy atom. The van der Waals surface area contributed by atoms with Crippen molar-refractivity contribution < 1.29 is 9.53 Å². The standard InChI is InChI=1S/C12H12BrNO2S2/c1-7-9(13)5-10(18-7)12-14-8(6-17-12)3-4-11(15)16-2/h5-6H,3-4H2,1-2H3. The van der Waals surface area contributed by atoms with Crippen molar-refractivity contribution in [2.24, 2.45) is 0 Å². The second kappa shape index (κ2) is 5.95. The van der Waals surface area contributed by atoms with Crippen LogP contribution in [0.1, 0.15) is 17.0 Å². The minimum Gasteiger partial charge on any atom is -0.469 e. The van der Waals surface area contributed by atoms with Crippen LogP contribution in [0.5, 0.6) is 0 Å². The highest BCUT2D eigenvalue weighted by atomic mass is 79.9. The first kappa shape index (κ1) is 13.7. The largest absolute Gasteiger partial charge is 0.469 e. The highest BCUT2D eigenvalue weighted by molar-refractivity contribution is 9.10. The van der Waals surface area contributed by atoms with Gasteiger partial charge in [-0.25, -0.2) is 4.98 Å². The highest BCUT2D eigenvalue weighted by Gasteiger charge is 2.10. The second-order valence-electron chi connectivity index (χ2n) is 3.73. The number of nitrogens with zero attached hydrogens (tertiary/aromatic N) is 1. The summed E-state index contributed by atoms with van der Waals surface area (Å²) in [4.78, 5) is 18.0. The molecule has 0 N–H and O–H groups in total. The van der Waals surface area contributed by atoms with Gasteiger partial charge in [-0.2, -0.15) is 0 Å². The number of thiophene rings is 1. The molecule has 0 aromatic carbocycles. The lowest BCUT2D eigenvalue weighted by Gasteiger charge is -1.95. The normalized spacial score (nSPS) is 10.6. The van der Waals surface area contributed by atoms with Crippen molar-refractivity contribution in [3.05, 3.63) is 26.5 Å². The number of hydrogen-bond donors (Lipinski definition) is 0. The number of aromatic nitrogens is 1. The van der Waals surface area contributed by atoms with Gasteiger partial charge < -0.3 is 4.74 Å². The summed E-state index contributed by atoms with van der Waals surface area (Å²) in [6.45, 7) is 2.07. The molecule has 2 aromatic heterocycles. The Morgan fingerprint density at radius 1 is 1.56 bits per heavy atom. The number of rotatable bonds is 4. The Labute approximate surface area is 122 Å². The first-order chi connectivity index (χ1) is 8.60. The third-order valence-corrected chi connectivity index (χ3v) is 5.63. The molecule has 0 atom stereocenters. The second-order valence-corrected chi connectivity index (χ2v) is 6.70. The minimum atomic E-state index is -0.195. The van der Waals surface area contributed by atoms with E-state index < -0.39 is 0 Å². The summed E-state index contributed by atoms with van der Waals surface area (Å²) < 4.78 is 5.73. The third kappa shape index (κ3) is 3.18. The molecule has 0 amide bonds. The van der Waals surface area contributed by atoms with E-state index in [9.17, 15) is 4.79 Å². The Kier molecular flexibility index (Phi) is 4.53. The van der Waals surface area contributed by atoms with Gasteiger partial charge in [0.1, 0.15) is 5.01 Å². The fourth-order valence-electron chi connectivity index (χ4n) is 1.43. The molecular formula is C12H12BrNO2S2. The Hall–Kier alpha value is -0.720. The van der Waals surface area contributed by atoms with Crippen LogP contribution in [0.2, 0.25) is 0 Å². The van der Waals surface area contributed by atoms with Gasteiger partial charge in [-0.3, -0.25) is 4.79 Å². The van der Waals surface area contributed by atoms with Crippen molar-refractivity contribution in [3.63, 3.8) is 0 Å². The molecular weight excluding hydrogens is 334 g/mol. The lowest BCUT2D eigenvalue weighted by atomic mass is 10.2. The average molecular weight is 346 g/mol. The molecule has 96 valence electrons. The van der Waals surface area contributed by atoms with Crippen molar-refractivity contribution in [2.45, 2.75) is 19.8 Å². The molecule has 0 spiro atoms. The lowest BCUT2D eigenvalue weighted by molar-refractivity contribution is -0.140. The van der Waals surface area contributed by atoms with Crippen LogP contribution in [-0.2, 0) is 16.0 Å². The summed E-state index contributed by atoms with van der Waals surface area (Å²) in [5, 5.41) is 3.01. The number of thiazole rings is 1. The van der Waals surface area contributed by atoms with Crippen LogP contribution >= 0.6 is 38.6 Å². The van der Waals surface area contributed by atoms with E-state index in [1.807, 2.05) is 5.38 Å². The van der Waals surface area contributed by atoms with Gasteiger partial charge in [-0.1, -0.05) is 0 Å². The van der Waals surface area contributed by atoms with Gasteiger partial charge in [-0.05, 0) is 28.9 Å². The monoisotopic (exact) mass is 345 g/mol. The quantitative estimate of drug-likeness (QED) is 0.784. The predicted molar refractivity (Wildman–Crippen MR) is 78.2 cm³/mol. The fraction of sp³-hybridized carbons (Fsp3) is 0.333. The van der Waals surface area contributed by atoms with Gasteiger partial charge in [0.05, 0.1) is 24.1 Å². The molecule has 3 nitrogen and oxygen atoms in total.